The molecule has 138 valence electrons. The van der Waals surface area contributed by atoms with E-state index < -0.39 is 5.97 Å². The normalized spacial score (nSPS) is 16.0. The molecular weight excluding hydrogens is 360 g/mol. The first-order valence-electron chi connectivity index (χ1n) is 8.97. The Morgan fingerprint density at radius 2 is 2.11 bits per heavy atom. The minimum atomic E-state index is -0.490. The smallest absolute Gasteiger partial charge is 0.338 e. The van der Waals surface area contributed by atoms with Gasteiger partial charge in [0.15, 0.2) is 6.61 Å². The van der Waals surface area contributed by atoms with Gasteiger partial charge in [0.05, 0.1) is 27.3 Å². The summed E-state index contributed by atoms with van der Waals surface area (Å²) in [6.07, 6.45) is 3.02. The molecule has 1 heterocycles. The first kappa shape index (κ1) is 17.7. The number of fused-ring (bicyclic) bond motifs is 2. The van der Waals surface area contributed by atoms with E-state index in [0.29, 0.717) is 5.56 Å². The van der Waals surface area contributed by atoms with Crippen LogP contribution in [0, 0.1) is 0 Å². The maximum absolute atomic E-state index is 12.6. The fourth-order valence-corrected chi connectivity index (χ4v) is 4.32. The molecule has 0 saturated carbocycles. The topological polar surface area (TPSA) is 59.5 Å². The van der Waals surface area contributed by atoms with Gasteiger partial charge >= 0.3 is 5.97 Å². The highest BCUT2D eigenvalue weighted by atomic mass is 32.1. The molecule has 4 rings (SSSR count). The Balaban J connectivity index is 1.41. The predicted octanol–water partition coefficient (Wildman–Crippen LogP) is 3.99. The van der Waals surface area contributed by atoms with Gasteiger partial charge in [-0.3, -0.25) is 4.79 Å². The van der Waals surface area contributed by atoms with Gasteiger partial charge in [-0.15, -0.1) is 11.3 Å². The van der Waals surface area contributed by atoms with Gasteiger partial charge in [0, 0.05) is 7.05 Å². The average molecular weight is 380 g/mol. The predicted molar refractivity (Wildman–Crippen MR) is 105 cm³/mol. The number of hydrogen-bond donors (Lipinski definition) is 0. The van der Waals surface area contributed by atoms with E-state index in [-0.39, 0.29) is 18.6 Å². The van der Waals surface area contributed by atoms with Crippen molar-refractivity contribution < 1.29 is 14.3 Å². The first-order chi connectivity index (χ1) is 13.1. The SMILES string of the molecule is CN(C(=O)COC(=O)c1ccc2ncsc2c1)[C@@H]1CCCc2ccccc21. The summed E-state index contributed by atoms with van der Waals surface area (Å²) >= 11 is 1.47. The van der Waals surface area contributed by atoms with Crippen molar-refractivity contribution in [3.63, 3.8) is 0 Å². The summed E-state index contributed by atoms with van der Waals surface area (Å²) in [6.45, 7) is -0.255. The largest absolute Gasteiger partial charge is 0.452 e. The van der Waals surface area contributed by atoms with Crippen LogP contribution in [0.5, 0.6) is 0 Å². The van der Waals surface area contributed by atoms with Gasteiger partial charge in [0.25, 0.3) is 5.91 Å². The zero-order valence-corrected chi connectivity index (χ0v) is 15.9. The molecule has 5 nitrogen and oxygen atoms in total. The molecule has 1 aliphatic carbocycles. The third kappa shape index (κ3) is 3.57. The van der Waals surface area contributed by atoms with Crippen molar-refractivity contribution in [1.29, 1.82) is 0 Å². The number of thiazole rings is 1. The quantitative estimate of drug-likeness (QED) is 0.642. The molecule has 0 unspecified atom stereocenters. The Labute approximate surface area is 161 Å². The molecule has 0 saturated heterocycles. The number of hydrogen-bond acceptors (Lipinski definition) is 5. The average Bonchev–Trinajstić information content (AvgIpc) is 3.18. The molecule has 0 radical (unpaired) electrons. The van der Waals surface area contributed by atoms with E-state index in [1.165, 1.54) is 22.5 Å². The van der Waals surface area contributed by atoms with E-state index >= 15 is 0 Å². The maximum atomic E-state index is 12.6. The summed E-state index contributed by atoms with van der Waals surface area (Å²) < 4.78 is 6.19. The second-order valence-corrected chi connectivity index (χ2v) is 7.61. The summed E-state index contributed by atoms with van der Waals surface area (Å²) in [7, 11) is 1.78. The number of aromatic nitrogens is 1. The van der Waals surface area contributed by atoms with E-state index in [1.54, 1.807) is 35.7 Å². The third-order valence-corrected chi connectivity index (χ3v) is 5.88. The lowest BCUT2D eigenvalue weighted by Crippen LogP contribution is -2.36. The van der Waals surface area contributed by atoms with Crippen molar-refractivity contribution in [3.05, 3.63) is 64.7 Å². The van der Waals surface area contributed by atoms with Crippen LogP contribution in [0.4, 0.5) is 0 Å². The minimum absolute atomic E-state index is 0.0368. The van der Waals surface area contributed by atoms with Gasteiger partial charge in [0.2, 0.25) is 0 Å². The number of aryl methyl sites for hydroxylation is 1. The van der Waals surface area contributed by atoms with Crippen LogP contribution < -0.4 is 0 Å². The van der Waals surface area contributed by atoms with Gasteiger partial charge in [-0.05, 0) is 48.6 Å². The van der Waals surface area contributed by atoms with Crippen LogP contribution in [-0.2, 0) is 16.0 Å². The van der Waals surface area contributed by atoms with Crippen LogP contribution in [0.1, 0.15) is 40.4 Å². The number of carbonyl (C=O) groups excluding carboxylic acids is 2. The number of amides is 1. The van der Waals surface area contributed by atoms with Gasteiger partial charge in [-0.2, -0.15) is 0 Å². The van der Waals surface area contributed by atoms with Crippen LogP contribution in [0.15, 0.2) is 48.0 Å². The van der Waals surface area contributed by atoms with Crippen molar-refractivity contribution in [3.8, 4) is 0 Å². The second kappa shape index (κ2) is 7.48. The van der Waals surface area contributed by atoms with Crippen molar-refractivity contribution in [2.24, 2.45) is 0 Å². The molecule has 27 heavy (non-hydrogen) atoms. The third-order valence-electron chi connectivity index (χ3n) is 5.09. The Kier molecular flexibility index (Phi) is 4.90. The fourth-order valence-electron chi connectivity index (χ4n) is 3.60. The number of nitrogens with zero attached hydrogens (tertiary/aromatic N) is 2. The van der Waals surface area contributed by atoms with Crippen LogP contribution >= 0.6 is 11.3 Å². The van der Waals surface area contributed by atoms with Gasteiger partial charge in [0.1, 0.15) is 0 Å². The number of likely N-dealkylation sites (N-methyl/N-ethyl adjacent to an activating group) is 1. The van der Waals surface area contributed by atoms with Crippen molar-refractivity contribution in [2.75, 3.05) is 13.7 Å². The number of carbonyl (C=O) groups is 2. The van der Waals surface area contributed by atoms with Crippen molar-refractivity contribution >= 4 is 33.4 Å². The highest BCUT2D eigenvalue weighted by Crippen LogP contribution is 2.33. The molecule has 1 aromatic heterocycles. The molecule has 6 heteroatoms. The molecule has 2 aromatic carbocycles. The Morgan fingerprint density at radius 3 is 3.00 bits per heavy atom. The van der Waals surface area contributed by atoms with E-state index in [9.17, 15) is 9.59 Å². The summed E-state index contributed by atoms with van der Waals surface area (Å²) in [5.74, 6) is -0.681. The summed E-state index contributed by atoms with van der Waals surface area (Å²) in [4.78, 5) is 30.8. The van der Waals surface area contributed by atoms with Crippen molar-refractivity contribution in [1.82, 2.24) is 9.88 Å². The zero-order valence-electron chi connectivity index (χ0n) is 15.1. The van der Waals surface area contributed by atoms with Crippen LogP contribution in [-0.4, -0.2) is 35.4 Å². The van der Waals surface area contributed by atoms with Gasteiger partial charge in [-0.1, -0.05) is 24.3 Å². The Hall–Kier alpha value is -2.73. The standard InChI is InChI=1S/C21H20N2O3S/c1-23(18-8-4-6-14-5-2-3-7-16(14)18)20(24)12-26-21(25)15-9-10-17-19(11-15)27-13-22-17/h2-3,5,7,9-11,13,18H,4,6,8,12H2,1H3/t18-/m1/s1. The van der Waals surface area contributed by atoms with E-state index in [2.05, 4.69) is 17.1 Å². The molecule has 0 bridgehead atoms. The molecule has 3 aromatic rings. The highest BCUT2D eigenvalue weighted by molar-refractivity contribution is 7.16. The lowest BCUT2D eigenvalue weighted by molar-refractivity contribution is -0.135. The van der Waals surface area contributed by atoms with E-state index in [0.717, 1.165) is 29.5 Å². The summed E-state index contributed by atoms with van der Waals surface area (Å²) in [5, 5.41) is 0. The highest BCUT2D eigenvalue weighted by Gasteiger charge is 2.27. The zero-order chi connectivity index (χ0) is 18.8. The second-order valence-electron chi connectivity index (χ2n) is 6.72. The Morgan fingerprint density at radius 1 is 1.26 bits per heavy atom. The van der Waals surface area contributed by atoms with E-state index in [1.807, 2.05) is 12.1 Å². The minimum Gasteiger partial charge on any atom is -0.452 e. The van der Waals surface area contributed by atoms with Gasteiger partial charge in [-0.25, -0.2) is 9.78 Å². The molecule has 0 fully saturated rings. The summed E-state index contributed by atoms with van der Waals surface area (Å²) in [5.41, 5.74) is 5.51. The van der Waals surface area contributed by atoms with E-state index in [4.69, 9.17) is 4.74 Å². The lowest BCUT2D eigenvalue weighted by atomic mass is 9.87. The molecule has 0 aliphatic heterocycles. The van der Waals surface area contributed by atoms with Gasteiger partial charge < -0.3 is 9.64 Å². The number of esters is 1. The molecule has 1 amide bonds. The molecule has 0 spiro atoms. The van der Waals surface area contributed by atoms with Crippen LogP contribution in [0.2, 0.25) is 0 Å². The number of rotatable bonds is 4. The van der Waals surface area contributed by atoms with Crippen LogP contribution in [0.3, 0.4) is 0 Å². The monoisotopic (exact) mass is 380 g/mol. The molecular formula is C21H20N2O3S. The summed E-state index contributed by atoms with van der Waals surface area (Å²) in [6, 6.07) is 13.5. The Bertz CT molecular complexity index is 998. The number of ether oxygens (including phenoxy) is 1. The molecule has 0 N–H and O–H groups in total. The maximum Gasteiger partial charge on any atom is 0.338 e. The molecule has 1 aliphatic rings. The first-order valence-corrected chi connectivity index (χ1v) is 9.85. The van der Waals surface area contributed by atoms with Crippen LogP contribution in [0.25, 0.3) is 10.2 Å². The fraction of sp³-hybridized carbons (Fsp3) is 0.286. The van der Waals surface area contributed by atoms with Crippen molar-refractivity contribution in [2.45, 2.75) is 25.3 Å². The molecule has 1 atom stereocenters. The number of benzene rings is 2. The lowest BCUT2D eigenvalue weighted by Gasteiger charge is -2.33.